The van der Waals surface area contributed by atoms with E-state index in [4.69, 9.17) is 10.3 Å². The van der Waals surface area contributed by atoms with Crippen molar-refractivity contribution in [3.05, 3.63) is 53.6 Å². The Balaban J connectivity index is 2.20. The summed E-state index contributed by atoms with van der Waals surface area (Å²) in [5.41, 5.74) is 1.68. The lowest BCUT2D eigenvalue weighted by atomic mass is 10.1. The van der Waals surface area contributed by atoms with Gasteiger partial charge in [0.25, 0.3) is 11.8 Å². The molecular formula is C14H14N4O5. The highest BCUT2D eigenvalue weighted by atomic mass is 16.5. The Morgan fingerprint density at radius 2 is 1.91 bits per heavy atom. The molecule has 2 amide bonds. The van der Waals surface area contributed by atoms with Crippen LogP contribution in [0.5, 0.6) is 0 Å². The van der Waals surface area contributed by atoms with Crippen molar-refractivity contribution in [3.63, 3.8) is 0 Å². The van der Waals surface area contributed by atoms with Crippen molar-refractivity contribution in [1.29, 1.82) is 0 Å². The Hall–Kier alpha value is -3.20. The number of hydrogen-bond donors (Lipinski definition) is 5. The lowest BCUT2D eigenvalue weighted by Crippen LogP contribution is -2.47. The number of carboxylic acids is 1. The van der Waals surface area contributed by atoms with Gasteiger partial charge in [-0.2, -0.15) is 0 Å². The number of nitrogens with one attached hydrogen (secondary N) is 3. The first-order valence-electron chi connectivity index (χ1n) is 6.57. The van der Waals surface area contributed by atoms with E-state index in [2.05, 4.69) is 15.3 Å². The van der Waals surface area contributed by atoms with Crippen LogP contribution in [0.25, 0.3) is 0 Å². The number of carboxylic acid groups (broad SMARTS) is 1. The molecule has 23 heavy (non-hydrogen) atoms. The monoisotopic (exact) mass is 318 g/mol. The molecule has 0 spiro atoms. The Kier molecular flexibility index (Phi) is 5.05. The topological polar surface area (TPSA) is 144 Å². The van der Waals surface area contributed by atoms with E-state index in [9.17, 15) is 14.4 Å². The van der Waals surface area contributed by atoms with Crippen LogP contribution < -0.4 is 10.8 Å². The number of aromatic amines is 1. The average Bonchev–Trinajstić information content (AvgIpc) is 3.06. The fourth-order valence-electron chi connectivity index (χ4n) is 2.00. The molecule has 1 aromatic heterocycles. The van der Waals surface area contributed by atoms with E-state index in [0.717, 1.165) is 0 Å². The van der Waals surface area contributed by atoms with Crippen molar-refractivity contribution in [2.24, 2.45) is 0 Å². The molecule has 5 N–H and O–H groups in total. The number of aromatic carboxylic acids is 1. The quantitative estimate of drug-likeness (QED) is 0.373. The maximum absolute atomic E-state index is 12.3. The maximum Gasteiger partial charge on any atom is 0.336 e. The summed E-state index contributed by atoms with van der Waals surface area (Å²) >= 11 is 0. The third-order valence-corrected chi connectivity index (χ3v) is 3.10. The van der Waals surface area contributed by atoms with Crippen LogP contribution in [-0.2, 0) is 11.2 Å². The smallest absolute Gasteiger partial charge is 0.336 e. The number of aromatic nitrogens is 2. The number of rotatable bonds is 6. The lowest BCUT2D eigenvalue weighted by Gasteiger charge is -2.16. The van der Waals surface area contributed by atoms with Crippen molar-refractivity contribution in [1.82, 2.24) is 20.8 Å². The van der Waals surface area contributed by atoms with Gasteiger partial charge in [-0.15, -0.1) is 0 Å². The van der Waals surface area contributed by atoms with E-state index >= 15 is 0 Å². The highest BCUT2D eigenvalue weighted by Gasteiger charge is 2.24. The molecule has 1 aromatic carbocycles. The van der Waals surface area contributed by atoms with Crippen molar-refractivity contribution in [2.75, 3.05) is 0 Å². The van der Waals surface area contributed by atoms with E-state index in [-0.39, 0.29) is 17.5 Å². The Bertz CT molecular complexity index is 714. The van der Waals surface area contributed by atoms with E-state index in [1.165, 1.54) is 42.3 Å². The van der Waals surface area contributed by atoms with Gasteiger partial charge in [-0.25, -0.2) is 15.3 Å². The Morgan fingerprint density at radius 1 is 1.22 bits per heavy atom. The van der Waals surface area contributed by atoms with Crippen LogP contribution in [0.1, 0.15) is 26.4 Å². The standard InChI is InChI=1S/C14H14N4O5/c19-12(9-3-1-2-4-10(9)14(21)22)17-11(13(20)18-23)5-8-6-15-7-16-8/h1-4,6-7,11,23H,5H2,(H,15,16)(H,17,19)(H,18,20)(H,21,22). The van der Waals surface area contributed by atoms with Crippen LogP contribution in [-0.4, -0.2) is 44.1 Å². The van der Waals surface area contributed by atoms with Gasteiger partial charge in [0.15, 0.2) is 0 Å². The normalized spacial score (nSPS) is 11.5. The zero-order chi connectivity index (χ0) is 16.8. The number of carbonyl (C=O) groups is 3. The molecule has 120 valence electrons. The predicted molar refractivity (Wildman–Crippen MR) is 76.9 cm³/mol. The molecule has 0 aliphatic carbocycles. The minimum Gasteiger partial charge on any atom is -0.478 e. The van der Waals surface area contributed by atoms with Crippen LogP contribution in [0, 0.1) is 0 Å². The lowest BCUT2D eigenvalue weighted by molar-refractivity contribution is -0.131. The average molecular weight is 318 g/mol. The van der Waals surface area contributed by atoms with Crippen molar-refractivity contribution < 1.29 is 24.7 Å². The summed E-state index contributed by atoms with van der Waals surface area (Å²) in [5, 5.41) is 20.3. The summed E-state index contributed by atoms with van der Waals surface area (Å²) in [6, 6.07) is 4.50. The fourth-order valence-corrected chi connectivity index (χ4v) is 2.00. The van der Waals surface area contributed by atoms with Gasteiger partial charge in [-0.1, -0.05) is 12.1 Å². The number of hydrogen-bond acceptors (Lipinski definition) is 5. The molecule has 1 atom stereocenters. The highest BCUT2D eigenvalue weighted by molar-refractivity contribution is 6.05. The molecule has 1 heterocycles. The first-order valence-corrected chi connectivity index (χ1v) is 6.57. The molecule has 0 saturated heterocycles. The minimum atomic E-state index is -1.26. The van der Waals surface area contributed by atoms with Gasteiger partial charge in [0.2, 0.25) is 0 Å². The number of carbonyl (C=O) groups excluding carboxylic acids is 2. The first kappa shape index (κ1) is 16.2. The molecule has 0 fully saturated rings. The predicted octanol–water partition coefficient (Wildman–Crippen LogP) is -0.0456. The van der Waals surface area contributed by atoms with Crippen LogP contribution in [0.15, 0.2) is 36.8 Å². The Labute approximate surface area is 130 Å². The summed E-state index contributed by atoms with van der Waals surface area (Å²) in [7, 11) is 0. The van der Waals surface area contributed by atoms with Crippen molar-refractivity contribution in [3.8, 4) is 0 Å². The fraction of sp³-hybridized carbons (Fsp3) is 0.143. The van der Waals surface area contributed by atoms with Crippen LogP contribution in [0.3, 0.4) is 0 Å². The minimum absolute atomic E-state index is 0.0247. The summed E-state index contributed by atoms with van der Waals surface area (Å²) in [6.07, 6.45) is 2.97. The van der Waals surface area contributed by atoms with Gasteiger partial charge in [-0.05, 0) is 12.1 Å². The van der Waals surface area contributed by atoms with Gasteiger partial charge < -0.3 is 15.4 Å². The second-order valence-electron chi connectivity index (χ2n) is 4.62. The number of nitrogens with zero attached hydrogens (tertiary/aromatic N) is 1. The van der Waals surface area contributed by atoms with E-state index in [1.807, 2.05) is 0 Å². The zero-order valence-electron chi connectivity index (χ0n) is 11.8. The van der Waals surface area contributed by atoms with Gasteiger partial charge in [0.05, 0.1) is 23.1 Å². The maximum atomic E-state index is 12.3. The molecule has 2 rings (SSSR count). The number of imidazole rings is 1. The molecule has 1 unspecified atom stereocenters. The van der Waals surface area contributed by atoms with Gasteiger partial charge in [0, 0.05) is 12.6 Å². The number of benzene rings is 1. The van der Waals surface area contributed by atoms with Crippen LogP contribution in [0.4, 0.5) is 0 Å². The zero-order valence-corrected chi connectivity index (χ0v) is 11.8. The van der Waals surface area contributed by atoms with Crippen LogP contribution in [0.2, 0.25) is 0 Å². The van der Waals surface area contributed by atoms with Gasteiger partial charge >= 0.3 is 5.97 Å². The molecule has 2 aromatic rings. The molecule has 0 radical (unpaired) electrons. The molecule has 9 heteroatoms. The summed E-state index contributed by atoms with van der Waals surface area (Å²) in [4.78, 5) is 41.7. The number of H-pyrrole nitrogens is 1. The van der Waals surface area contributed by atoms with E-state index < -0.39 is 23.8 Å². The summed E-state index contributed by atoms with van der Waals surface area (Å²) in [5.74, 6) is -2.84. The molecule has 0 saturated carbocycles. The van der Waals surface area contributed by atoms with Crippen molar-refractivity contribution >= 4 is 17.8 Å². The summed E-state index contributed by atoms with van der Waals surface area (Å²) < 4.78 is 0. The number of hydroxylamine groups is 1. The molecule has 0 aliphatic rings. The van der Waals surface area contributed by atoms with E-state index in [1.54, 1.807) is 0 Å². The second kappa shape index (κ2) is 7.18. The Morgan fingerprint density at radius 3 is 2.48 bits per heavy atom. The van der Waals surface area contributed by atoms with Gasteiger partial charge in [-0.3, -0.25) is 14.8 Å². The van der Waals surface area contributed by atoms with Crippen molar-refractivity contribution in [2.45, 2.75) is 12.5 Å². The highest BCUT2D eigenvalue weighted by Crippen LogP contribution is 2.10. The molecule has 9 nitrogen and oxygen atoms in total. The SMILES string of the molecule is O=C(O)c1ccccc1C(=O)NC(Cc1c[nH]cn1)C(=O)NO. The molecule has 0 bridgehead atoms. The largest absolute Gasteiger partial charge is 0.478 e. The summed E-state index contributed by atoms with van der Waals surface area (Å²) in [6.45, 7) is 0. The third kappa shape index (κ3) is 3.92. The molecular weight excluding hydrogens is 304 g/mol. The van der Waals surface area contributed by atoms with Crippen LogP contribution >= 0.6 is 0 Å². The third-order valence-electron chi connectivity index (χ3n) is 3.10. The first-order chi connectivity index (χ1) is 11.0. The molecule has 0 aliphatic heterocycles. The van der Waals surface area contributed by atoms with E-state index in [0.29, 0.717) is 5.69 Å². The second-order valence-corrected chi connectivity index (χ2v) is 4.62. The van der Waals surface area contributed by atoms with Gasteiger partial charge in [0.1, 0.15) is 6.04 Å². The number of amides is 2.